The summed E-state index contributed by atoms with van der Waals surface area (Å²) in [5.41, 5.74) is 1.35. The highest BCUT2D eigenvalue weighted by atomic mass is 127. The lowest BCUT2D eigenvalue weighted by Crippen LogP contribution is -2.42. The predicted octanol–water partition coefficient (Wildman–Crippen LogP) is 2.93. The van der Waals surface area contributed by atoms with E-state index >= 15 is 0 Å². The quantitative estimate of drug-likeness (QED) is 0.460. The summed E-state index contributed by atoms with van der Waals surface area (Å²) in [5.74, 6) is 0.836. The van der Waals surface area contributed by atoms with Gasteiger partial charge in [-0.05, 0) is 24.7 Å². The number of hydrogen-bond acceptors (Lipinski definition) is 3. The fraction of sp³-hybridized carbons (Fsp3) is 0.714. The van der Waals surface area contributed by atoms with Crippen LogP contribution in [0.1, 0.15) is 44.7 Å². The second-order valence-electron chi connectivity index (χ2n) is 5.33. The highest BCUT2D eigenvalue weighted by Gasteiger charge is 2.31. The van der Waals surface area contributed by atoms with Crippen molar-refractivity contribution in [2.24, 2.45) is 10.4 Å². The summed E-state index contributed by atoms with van der Waals surface area (Å²) < 4.78 is 4.80. The Morgan fingerprint density at radius 3 is 2.70 bits per heavy atom. The summed E-state index contributed by atoms with van der Waals surface area (Å²) in [6.07, 6.45) is 8.20. The molecule has 20 heavy (non-hydrogen) atoms. The zero-order valence-electron chi connectivity index (χ0n) is 12.3. The van der Waals surface area contributed by atoms with E-state index < -0.39 is 0 Å². The first-order valence-corrected chi connectivity index (χ1v) is 7.12. The van der Waals surface area contributed by atoms with E-state index in [4.69, 9.17) is 4.52 Å². The Balaban J connectivity index is 0.00000200. The van der Waals surface area contributed by atoms with Crippen molar-refractivity contribution < 1.29 is 4.52 Å². The topological polar surface area (TPSA) is 62.5 Å². The zero-order valence-corrected chi connectivity index (χ0v) is 14.6. The van der Waals surface area contributed by atoms with Gasteiger partial charge < -0.3 is 15.2 Å². The Kier molecular flexibility index (Phi) is 7.32. The Labute approximate surface area is 138 Å². The standard InChI is InChI=1S/C14H24N4O.HI/c1-3-14(7-4-5-8-14)11-17-13(15-2)16-10-12-6-9-19-18-12;/h6,9H,3-5,7-8,10-11H2,1-2H3,(H2,15,16,17);1H. The van der Waals surface area contributed by atoms with Gasteiger partial charge in [0.25, 0.3) is 0 Å². The fourth-order valence-corrected chi connectivity index (χ4v) is 2.78. The monoisotopic (exact) mass is 392 g/mol. The van der Waals surface area contributed by atoms with Crippen LogP contribution < -0.4 is 10.6 Å². The SMILES string of the molecule is CCC1(CNC(=NC)NCc2ccon2)CCCC1.I. The normalized spacial score (nSPS) is 17.6. The number of guanidine groups is 1. The van der Waals surface area contributed by atoms with Crippen LogP contribution in [-0.2, 0) is 6.54 Å². The third kappa shape index (κ3) is 4.64. The van der Waals surface area contributed by atoms with E-state index in [0.717, 1.165) is 18.2 Å². The summed E-state index contributed by atoms with van der Waals surface area (Å²) in [6.45, 7) is 3.93. The molecule has 0 unspecified atom stereocenters. The van der Waals surface area contributed by atoms with Crippen molar-refractivity contribution in [1.29, 1.82) is 0 Å². The Morgan fingerprint density at radius 1 is 1.40 bits per heavy atom. The van der Waals surface area contributed by atoms with Crippen molar-refractivity contribution in [2.45, 2.75) is 45.6 Å². The molecule has 0 saturated heterocycles. The number of rotatable bonds is 5. The highest BCUT2D eigenvalue weighted by molar-refractivity contribution is 14.0. The van der Waals surface area contributed by atoms with Crippen molar-refractivity contribution in [3.05, 3.63) is 18.0 Å². The van der Waals surface area contributed by atoms with Gasteiger partial charge in [-0.3, -0.25) is 4.99 Å². The van der Waals surface area contributed by atoms with Gasteiger partial charge in [0.1, 0.15) is 12.0 Å². The lowest BCUT2D eigenvalue weighted by atomic mass is 9.83. The number of nitrogens with one attached hydrogen (secondary N) is 2. The third-order valence-electron chi connectivity index (χ3n) is 4.20. The molecule has 2 rings (SSSR count). The lowest BCUT2D eigenvalue weighted by molar-refractivity contribution is 0.283. The molecule has 0 aromatic carbocycles. The van der Waals surface area contributed by atoms with Crippen LogP contribution in [-0.4, -0.2) is 24.7 Å². The summed E-state index contributed by atoms with van der Waals surface area (Å²) in [7, 11) is 1.80. The van der Waals surface area contributed by atoms with Crippen LogP contribution in [0.15, 0.2) is 21.8 Å². The minimum Gasteiger partial charge on any atom is -0.364 e. The molecule has 1 aromatic rings. The first-order valence-electron chi connectivity index (χ1n) is 7.12. The van der Waals surface area contributed by atoms with Crippen LogP contribution >= 0.6 is 24.0 Å². The van der Waals surface area contributed by atoms with Gasteiger partial charge in [-0.2, -0.15) is 0 Å². The third-order valence-corrected chi connectivity index (χ3v) is 4.20. The van der Waals surface area contributed by atoms with E-state index in [-0.39, 0.29) is 24.0 Å². The second-order valence-corrected chi connectivity index (χ2v) is 5.33. The van der Waals surface area contributed by atoms with Gasteiger partial charge in [0, 0.05) is 19.7 Å². The van der Waals surface area contributed by atoms with E-state index in [9.17, 15) is 0 Å². The van der Waals surface area contributed by atoms with Gasteiger partial charge in [-0.1, -0.05) is 24.9 Å². The maximum atomic E-state index is 4.80. The molecule has 0 bridgehead atoms. The number of halogens is 1. The molecule has 0 amide bonds. The molecule has 6 heteroatoms. The average molecular weight is 392 g/mol. The first kappa shape index (κ1) is 17.3. The molecule has 0 aliphatic heterocycles. The summed E-state index contributed by atoms with van der Waals surface area (Å²) in [4.78, 5) is 4.25. The molecule has 0 radical (unpaired) electrons. The number of aliphatic imine (C=N–C) groups is 1. The molecular weight excluding hydrogens is 367 g/mol. The Bertz CT molecular complexity index is 399. The summed E-state index contributed by atoms with van der Waals surface area (Å²) in [5, 5.41) is 10.6. The molecule has 114 valence electrons. The van der Waals surface area contributed by atoms with Gasteiger partial charge in [-0.15, -0.1) is 24.0 Å². The molecule has 1 heterocycles. The number of nitrogens with zero attached hydrogens (tertiary/aromatic N) is 2. The van der Waals surface area contributed by atoms with Gasteiger partial charge in [0.2, 0.25) is 0 Å². The van der Waals surface area contributed by atoms with Gasteiger partial charge in [0.15, 0.2) is 5.96 Å². The van der Waals surface area contributed by atoms with Crippen LogP contribution in [0.2, 0.25) is 0 Å². The molecule has 1 fully saturated rings. The van der Waals surface area contributed by atoms with Crippen molar-refractivity contribution >= 4 is 29.9 Å². The lowest BCUT2D eigenvalue weighted by Gasteiger charge is -2.28. The van der Waals surface area contributed by atoms with Crippen LogP contribution in [0.4, 0.5) is 0 Å². The van der Waals surface area contributed by atoms with E-state index in [1.165, 1.54) is 32.1 Å². The molecule has 5 nitrogen and oxygen atoms in total. The second kappa shape index (κ2) is 8.49. The van der Waals surface area contributed by atoms with E-state index in [2.05, 4.69) is 27.7 Å². The maximum Gasteiger partial charge on any atom is 0.191 e. The Morgan fingerprint density at radius 2 is 2.15 bits per heavy atom. The van der Waals surface area contributed by atoms with Crippen LogP contribution in [0.3, 0.4) is 0 Å². The molecule has 1 aliphatic carbocycles. The fourth-order valence-electron chi connectivity index (χ4n) is 2.78. The Hall–Kier alpha value is -0.790. The summed E-state index contributed by atoms with van der Waals surface area (Å²) >= 11 is 0. The first-order chi connectivity index (χ1) is 9.28. The van der Waals surface area contributed by atoms with Crippen molar-refractivity contribution in [1.82, 2.24) is 15.8 Å². The number of aromatic nitrogens is 1. The molecule has 1 aliphatic rings. The smallest absolute Gasteiger partial charge is 0.191 e. The van der Waals surface area contributed by atoms with Crippen molar-refractivity contribution in [2.75, 3.05) is 13.6 Å². The largest absolute Gasteiger partial charge is 0.364 e. The van der Waals surface area contributed by atoms with Crippen LogP contribution in [0.5, 0.6) is 0 Å². The average Bonchev–Trinajstić information content (AvgIpc) is 3.11. The molecule has 0 spiro atoms. The van der Waals surface area contributed by atoms with E-state index in [1.807, 2.05) is 6.07 Å². The van der Waals surface area contributed by atoms with E-state index in [1.54, 1.807) is 13.3 Å². The maximum absolute atomic E-state index is 4.80. The molecular formula is C14H25IN4O. The highest BCUT2D eigenvalue weighted by Crippen LogP contribution is 2.40. The molecule has 0 atom stereocenters. The van der Waals surface area contributed by atoms with Crippen LogP contribution in [0, 0.1) is 5.41 Å². The molecule has 1 aromatic heterocycles. The predicted molar refractivity (Wildman–Crippen MR) is 91.3 cm³/mol. The zero-order chi connectivity index (χ0) is 13.6. The van der Waals surface area contributed by atoms with Gasteiger partial charge in [-0.25, -0.2) is 0 Å². The molecule has 2 N–H and O–H groups in total. The minimum absolute atomic E-state index is 0. The van der Waals surface area contributed by atoms with Gasteiger partial charge in [0.05, 0.1) is 6.54 Å². The van der Waals surface area contributed by atoms with Crippen LogP contribution in [0.25, 0.3) is 0 Å². The summed E-state index contributed by atoms with van der Waals surface area (Å²) in [6, 6.07) is 1.85. The van der Waals surface area contributed by atoms with Crippen molar-refractivity contribution in [3.63, 3.8) is 0 Å². The van der Waals surface area contributed by atoms with Gasteiger partial charge >= 0.3 is 0 Å². The molecule has 1 saturated carbocycles. The van der Waals surface area contributed by atoms with E-state index in [0.29, 0.717) is 12.0 Å². The minimum atomic E-state index is 0. The van der Waals surface area contributed by atoms with Crippen molar-refractivity contribution in [3.8, 4) is 0 Å². The number of hydrogen-bond donors (Lipinski definition) is 2.